The van der Waals surface area contributed by atoms with Crippen LogP contribution in [0.2, 0.25) is 0 Å². The monoisotopic (exact) mass is 1280 g/mol. The molecule has 0 aliphatic heterocycles. The van der Waals surface area contributed by atoms with Crippen molar-refractivity contribution in [3.8, 4) is 124 Å². The summed E-state index contributed by atoms with van der Waals surface area (Å²) in [5, 5.41) is 0. The van der Waals surface area contributed by atoms with Gasteiger partial charge in [0.1, 0.15) is 0 Å². The fraction of sp³-hybridized carbons (Fsp3) is 0.245. The molecule has 0 N–H and O–H groups in total. The van der Waals surface area contributed by atoms with Gasteiger partial charge in [0, 0.05) is 5.56 Å². The van der Waals surface area contributed by atoms with E-state index in [0.717, 1.165) is 67.2 Å². The Kier molecular flexibility index (Phi) is 24.8. The Hall–Kier alpha value is -9.80. The van der Waals surface area contributed by atoms with E-state index in [4.69, 9.17) is 6.42 Å². The molecule has 0 bridgehead atoms. The van der Waals surface area contributed by atoms with Crippen LogP contribution in [-0.4, -0.2) is 0 Å². The number of terminal acetylenes is 1. The minimum Gasteiger partial charge on any atom is -0.115 e. The lowest BCUT2D eigenvalue weighted by atomic mass is 9.91. The van der Waals surface area contributed by atoms with Crippen LogP contribution in [0, 0.1) is 12.3 Å². The van der Waals surface area contributed by atoms with Gasteiger partial charge in [0.05, 0.1) is 0 Å². The highest BCUT2D eigenvalue weighted by atomic mass is 14.2. The van der Waals surface area contributed by atoms with E-state index in [1.807, 2.05) is 0 Å². The minimum absolute atomic E-state index is 0.924. The average Bonchev–Trinajstić information content (AvgIpc) is 0.827. The SMILES string of the molecule is C#Cc1cc(-c2ccc(-c3ccc(-c4ccc(-c5ccc(CCCC)cc5)c(CC)c4)cc3)cc2)ccc1-c1ccc(CCCC)cc1.CCCCc1ccc(-c2ccc(-c3ccc(-c4ccc(-c5ccc(-c6ccc(CCCC)cc6)c(CCC)c5)cc4)cc3)cc2CCC)cc1. The predicted octanol–water partition coefficient (Wildman–Crippen LogP) is 27.9. The lowest BCUT2D eigenvalue weighted by Crippen LogP contribution is -1.92. The second-order valence-corrected chi connectivity index (χ2v) is 26.9. The second kappa shape index (κ2) is 34.9. The normalized spacial score (nSPS) is 11.1. The van der Waals surface area contributed by atoms with Gasteiger partial charge in [0.2, 0.25) is 0 Å². The van der Waals surface area contributed by atoms with Crippen LogP contribution >= 0.6 is 0 Å². The Labute approximate surface area is 589 Å². The van der Waals surface area contributed by atoms with Crippen LogP contribution in [0.5, 0.6) is 0 Å². The van der Waals surface area contributed by atoms with E-state index in [0.29, 0.717) is 0 Å². The molecule has 0 nitrogen and oxygen atoms in total. The van der Waals surface area contributed by atoms with Gasteiger partial charge in [-0.2, -0.15) is 0 Å². The maximum absolute atomic E-state index is 6.00. The van der Waals surface area contributed by atoms with Crippen molar-refractivity contribution in [2.45, 2.75) is 158 Å². The molecule has 0 amide bonds. The van der Waals surface area contributed by atoms with Crippen molar-refractivity contribution in [3.63, 3.8) is 0 Å². The number of hydrogen-bond donors (Lipinski definition) is 0. The quantitative estimate of drug-likeness (QED) is 0.0450. The topological polar surface area (TPSA) is 0 Å². The summed E-state index contributed by atoms with van der Waals surface area (Å²) in [7, 11) is 0. The Morgan fingerprint density at radius 1 is 0.204 bits per heavy atom. The van der Waals surface area contributed by atoms with Gasteiger partial charge in [0.15, 0.2) is 0 Å². The van der Waals surface area contributed by atoms with Crippen LogP contribution in [0.25, 0.3) is 111 Å². The summed E-state index contributed by atoms with van der Waals surface area (Å²) in [5.74, 6) is 2.94. The Morgan fingerprint density at radius 3 is 0.673 bits per heavy atom. The largest absolute Gasteiger partial charge is 0.115 e. The van der Waals surface area contributed by atoms with E-state index in [2.05, 4.69) is 321 Å². The molecule has 12 aromatic carbocycles. The van der Waals surface area contributed by atoms with Gasteiger partial charge in [-0.05, 0) is 227 Å². The van der Waals surface area contributed by atoms with Gasteiger partial charge in [0.25, 0.3) is 0 Å². The number of hydrogen-bond acceptors (Lipinski definition) is 0. The van der Waals surface area contributed by atoms with Gasteiger partial charge in [-0.15, -0.1) is 6.42 Å². The van der Waals surface area contributed by atoms with Crippen LogP contribution in [0.1, 0.15) is 157 Å². The third-order valence-electron chi connectivity index (χ3n) is 19.8. The van der Waals surface area contributed by atoms with Crippen molar-refractivity contribution in [2.24, 2.45) is 0 Å². The molecule has 12 rings (SSSR count). The molecule has 0 atom stereocenters. The standard InChI is InChI=1S/C50H54.C48H46/c1-5-9-13-37-15-19-43(20-16-37)49-33-31-45(35-47(49)11-7-3)41-27-23-39(24-28-41)40-25-29-42(30-26-40)46-32-34-50(48(36-46)12-8-4)44-21-17-38(18-22-44)14-10-6-2;1-5-9-11-35-13-17-43(18-14-35)47-31-29-45(33-37(47)7-3)41-25-21-39(22-26-41)40-23-27-42(28-24-40)46-30-32-48(38(8-4)34-46)44-19-15-36(16-20-44)12-10-6-2/h15-36H,5-14H2,1-4H3;3,13-34H,5-6,8-12H2,1-2,4H3. The first kappa shape index (κ1) is 69.5. The molecule has 0 heteroatoms. The molecular weight excluding hydrogens is 1180 g/mol. The molecule has 0 saturated heterocycles. The van der Waals surface area contributed by atoms with E-state index >= 15 is 0 Å². The molecule has 12 aromatic rings. The summed E-state index contributed by atoms with van der Waals surface area (Å²) in [6.45, 7) is 15.8. The second-order valence-electron chi connectivity index (χ2n) is 26.9. The summed E-state index contributed by atoms with van der Waals surface area (Å²) < 4.78 is 0. The first-order valence-electron chi connectivity index (χ1n) is 37.0. The molecule has 0 saturated carbocycles. The van der Waals surface area contributed by atoms with Crippen LogP contribution in [0.4, 0.5) is 0 Å². The van der Waals surface area contributed by atoms with E-state index in [1.54, 1.807) is 0 Å². The summed E-state index contributed by atoms with van der Waals surface area (Å²) in [4.78, 5) is 0. The molecule has 0 unspecified atom stereocenters. The van der Waals surface area contributed by atoms with E-state index in [1.165, 1.54) is 198 Å². The molecule has 0 spiro atoms. The van der Waals surface area contributed by atoms with Gasteiger partial charge >= 0.3 is 0 Å². The van der Waals surface area contributed by atoms with Crippen molar-refractivity contribution >= 4 is 0 Å². The molecule has 0 fully saturated rings. The van der Waals surface area contributed by atoms with Crippen molar-refractivity contribution < 1.29 is 0 Å². The summed E-state index contributed by atoms with van der Waals surface area (Å²) >= 11 is 0. The van der Waals surface area contributed by atoms with Crippen molar-refractivity contribution in [2.75, 3.05) is 0 Å². The Bertz CT molecular complexity index is 4370. The highest BCUT2D eigenvalue weighted by molar-refractivity contribution is 5.82. The highest BCUT2D eigenvalue weighted by Gasteiger charge is 2.14. The smallest absolute Gasteiger partial charge is 0.0327 e. The summed E-state index contributed by atoms with van der Waals surface area (Å²) in [6, 6.07) is 100. The molecular formula is C98H100. The minimum atomic E-state index is 0.924. The maximum atomic E-state index is 6.00. The zero-order valence-electron chi connectivity index (χ0n) is 59.5. The zero-order valence-corrected chi connectivity index (χ0v) is 59.5. The summed E-state index contributed by atoms with van der Waals surface area (Å²) in [6.07, 6.45) is 26.0. The fourth-order valence-electron chi connectivity index (χ4n) is 13.9. The zero-order chi connectivity index (χ0) is 68.0. The third kappa shape index (κ3) is 17.7. The molecule has 492 valence electrons. The van der Waals surface area contributed by atoms with E-state index in [-0.39, 0.29) is 0 Å². The maximum Gasteiger partial charge on any atom is 0.0327 e. The van der Waals surface area contributed by atoms with Crippen molar-refractivity contribution in [1.82, 2.24) is 0 Å². The van der Waals surface area contributed by atoms with Crippen LogP contribution in [0.15, 0.2) is 267 Å². The van der Waals surface area contributed by atoms with Crippen LogP contribution in [-0.2, 0) is 44.9 Å². The van der Waals surface area contributed by atoms with E-state index in [9.17, 15) is 0 Å². The average molecular weight is 1280 g/mol. The highest BCUT2D eigenvalue weighted by Crippen LogP contribution is 2.37. The molecule has 0 aromatic heterocycles. The Morgan fingerprint density at radius 2 is 0.418 bits per heavy atom. The Balaban J connectivity index is 0.000000199. The lowest BCUT2D eigenvalue weighted by Gasteiger charge is -2.14. The first-order valence-corrected chi connectivity index (χ1v) is 37.0. The number of rotatable bonds is 27. The number of aryl methyl sites for hydroxylation is 7. The third-order valence-corrected chi connectivity index (χ3v) is 19.8. The van der Waals surface area contributed by atoms with Gasteiger partial charge in [-0.3, -0.25) is 0 Å². The van der Waals surface area contributed by atoms with Gasteiger partial charge in [-0.25, -0.2) is 0 Å². The molecule has 98 heavy (non-hydrogen) atoms. The van der Waals surface area contributed by atoms with Crippen LogP contribution in [0.3, 0.4) is 0 Å². The number of benzene rings is 12. The van der Waals surface area contributed by atoms with Crippen molar-refractivity contribution in [1.29, 1.82) is 0 Å². The fourth-order valence-corrected chi connectivity index (χ4v) is 13.9. The molecule has 0 aliphatic rings. The molecule has 0 aliphatic carbocycles. The van der Waals surface area contributed by atoms with Crippen LogP contribution < -0.4 is 0 Å². The first-order chi connectivity index (χ1) is 48.2. The predicted molar refractivity (Wildman–Crippen MR) is 427 cm³/mol. The van der Waals surface area contributed by atoms with Crippen molar-refractivity contribution in [3.05, 3.63) is 311 Å². The van der Waals surface area contributed by atoms with Gasteiger partial charge in [-0.1, -0.05) is 354 Å². The lowest BCUT2D eigenvalue weighted by molar-refractivity contribution is 0.795. The summed E-state index contributed by atoms with van der Waals surface area (Å²) in [5.41, 5.74) is 36.0. The van der Waals surface area contributed by atoms with Gasteiger partial charge < -0.3 is 0 Å². The molecule has 0 radical (unpaired) electrons. The molecule has 0 heterocycles. The number of unbranched alkanes of at least 4 members (excludes halogenated alkanes) is 4. The van der Waals surface area contributed by atoms with E-state index < -0.39 is 0 Å².